The predicted molar refractivity (Wildman–Crippen MR) is 87.0 cm³/mol. The van der Waals surface area contributed by atoms with E-state index in [1.807, 2.05) is 0 Å². The van der Waals surface area contributed by atoms with Gasteiger partial charge in [-0.05, 0) is 43.2 Å². The Labute approximate surface area is 144 Å². The van der Waals surface area contributed by atoms with Gasteiger partial charge in [-0.25, -0.2) is 30.3 Å². The molecule has 0 aliphatic heterocycles. The highest BCUT2D eigenvalue weighted by molar-refractivity contribution is 7.92. The Bertz CT molecular complexity index is 1020. The molecule has 25 heavy (non-hydrogen) atoms. The van der Waals surface area contributed by atoms with E-state index in [4.69, 9.17) is 0 Å². The second-order valence-electron chi connectivity index (χ2n) is 5.60. The van der Waals surface area contributed by atoms with Gasteiger partial charge in [0.2, 0.25) is 10.0 Å². The third kappa shape index (κ3) is 4.14. The number of rotatable bonds is 6. The summed E-state index contributed by atoms with van der Waals surface area (Å²) in [7, 11) is -8.10. The van der Waals surface area contributed by atoms with E-state index in [2.05, 4.69) is 9.44 Å². The molecule has 10 heteroatoms. The van der Waals surface area contributed by atoms with Gasteiger partial charge in [0.25, 0.3) is 10.0 Å². The molecule has 0 amide bonds. The summed E-state index contributed by atoms with van der Waals surface area (Å²) in [5.74, 6) is -2.15. The van der Waals surface area contributed by atoms with E-state index in [0.29, 0.717) is 6.07 Å². The standard InChI is InChI=1S/C15H14F2N2O4S2/c16-10-4-7-15(14(17)8-10)25(22,23)19-12-2-1-3-13(9-12)24(20,21)18-11-5-6-11/h1-4,7-9,11,18-19H,5-6H2. The molecule has 2 N–H and O–H groups in total. The van der Waals surface area contributed by atoms with Crippen LogP contribution in [-0.2, 0) is 20.0 Å². The summed E-state index contributed by atoms with van der Waals surface area (Å²) in [5.41, 5.74) is -0.0533. The van der Waals surface area contributed by atoms with E-state index in [0.717, 1.165) is 31.0 Å². The maximum absolute atomic E-state index is 13.7. The molecule has 0 spiro atoms. The summed E-state index contributed by atoms with van der Waals surface area (Å²) in [6, 6.07) is 7.11. The molecule has 0 bridgehead atoms. The van der Waals surface area contributed by atoms with Gasteiger partial charge in [0.1, 0.15) is 16.5 Å². The number of anilines is 1. The van der Waals surface area contributed by atoms with Crippen LogP contribution in [0.25, 0.3) is 0 Å². The first kappa shape index (κ1) is 17.8. The zero-order valence-corrected chi connectivity index (χ0v) is 14.4. The molecule has 0 aromatic heterocycles. The third-order valence-electron chi connectivity index (χ3n) is 3.48. The van der Waals surface area contributed by atoms with E-state index < -0.39 is 36.6 Å². The minimum Gasteiger partial charge on any atom is -0.279 e. The zero-order valence-electron chi connectivity index (χ0n) is 12.7. The molecule has 0 unspecified atom stereocenters. The minimum atomic E-state index is -4.34. The Kier molecular flexibility index (Phi) is 4.52. The van der Waals surface area contributed by atoms with Crippen LogP contribution in [0.4, 0.5) is 14.5 Å². The molecule has 1 fully saturated rings. The van der Waals surface area contributed by atoms with Crippen LogP contribution in [0.3, 0.4) is 0 Å². The van der Waals surface area contributed by atoms with E-state index >= 15 is 0 Å². The molecular weight excluding hydrogens is 374 g/mol. The third-order valence-corrected chi connectivity index (χ3v) is 6.41. The van der Waals surface area contributed by atoms with Crippen molar-refractivity contribution in [2.75, 3.05) is 4.72 Å². The van der Waals surface area contributed by atoms with E-state index in [-0.39, 0.29) is 16.6 Å². The highest BCUT2D eigenvalue weighted by atomic mass is 32.2. The fourth-order valence-electron chi connectivity index (χ4n) is 2.12. The van der Waals surface area contributed by atoms with Crippen LogP contribution in [0.2, 0.25) is 0 Å². The summed E-state index contributed by atoms with van der Waals surface area (Å²) < 4.78 is 80.0. The Morgan fingerprint density at radius 1 is 0.920 bits per heavy atom. The van der Waals surface area contributed by atoms with E-state index in [1.165, 1.54) is 18.2 Å². The first-order chi connectivity index (χ1) is 11.7. The molecule has 1 aliphatic carbocycles. The monoisotopic (exact) mass is 388 g/mol. The summed E-state index contributed by atoms with van der Waals surface area (Å²) >= 11 is 0. The highest BCUT2D eigenvalue weighted by Gasteiger charge is 2.28. The molecule has 0 radical (unpaired) electrons. The SMILES string of the molecule is O=S(=O)(NC1CC1)c1cccc(NS(=O)(=O)c2ccc(F)cc2F)c1. The highest BCUT2D eigenvalue weighted by Crippen LogP contribution is 2.24. The molecule has 1 saturated carbocycles. The summed E-state index contributed by atoms with van der Waals surface area (Å²) in [6.45, 7) is 0. The molecule has 3 rings (SSSR count). The predicted octanol–water partition coefficient (Wildman–Crippen LogP) is 2.21. The minimum absolute atomic E-state index is 0.0533. The summed E-state index contributed by atoms with van der Waals surface area (Å²) in [4.78, 5) is -0.850. The maximum Gasteiger partial charge on any atom is 0.264 e. The normalized spacial score (nSPS) is 15.1. The molecule has 0 saturated heterocycles. The summed E-state index contributed by atoms with van der Waals surface area (Å²) in [6.07, 6.45) is 1.52. The van der Waals surface area contributed by atoms with Crippen LogP contribution >= 0.6 is 0 Å². The summed E-state index contributed by atoms with van der Waals surface area (Å²) in [5, 5.41) is 0. The van der Waals surface area contributed by atoms with Crippen molar-refractivity contribution in [1.82, 2.24) is 4.72 Å². The lowest BCUT2D eigenvalue weighted by molar-refractivity contribution is 0.551. The molecule has 0 atom stereocenters. The van der Waals surface area contributed by atoms with Crippen molar-refractivity contribution in [3.63, 3.8) is 0 Å². The van der Waals surface area contributed by atoms with Crippen molar-refractivity contribution in [2.45, 2.75) is 28.7 Å². The van der Waals surface area contributed by atoms with Crippen molar-refractivity contribution in [3.8, 4) is 0 Å². The van der Waals surface area contributed by atoms with Crippen molar-refractivity contribution in [1.29, 1.82) is 0 Å². The topological polar surface area (TPSA) is 92.3 Å². The lowest BCUT2D eigenvalue weighted by atomic mass is 10.3. The van der Waals surface area contributed by atoms with Crippen LogP contribution in [-0.4, -0.2) is 22.9 Å². The van der Waals surface area contributed by atoms with Gasteiger partial charge in [0, 0.05) is 12.1 Å². The number of benzene rings is 2. The van der Waals surface area contributed by atoms with Crippen LogP contribution in [0.5, 0.6) is 0 Å². The number of halogens is 2. The van der Waals surface area contributed by atoms with Crippen molar-refractivity contribution in [2.24, 2.45) is 0 Å². The fraction of sp³-hybridized carbons (Fsp3) is 0.200. The Balaban J connectivity index is 1.88. The number of hydrogen-bond donors (Lipinski definition) is 2. The van der Waals surface area contributed by atoms with Gasteiger partial charge >= 0.3 is 0 Å². The van der Waals surface area contributed by atoms with Gasteiger partial charge in [-0.3, -0.25) is 4.72 Å². The molecule has 2 aromatic rings. The van der Waals surface area contributed by atoms with Gasteiger partial charge in [0.05, 0.1) is 10.6 Å². The quantitative estimate of drug-likeness (QED) is 0.794. The molecule has 2 aromatic carbocycles. The van der Waals surface area contributed by atoms with E-state index in [9.17, 15) is 25.6 Å². The van der Waals surface area contributed by atoms with Crippen molar-refractivity contribution < 1.29 is 25.6 Å². The lowest BCUT2D eigenvalue weighted by Gasteiger charge is -2.11. The van der Waals surface area contributed by atoms with Gasteiger partial charge in [-0.1, -0.05) is 6.07 Å². The largest absolute Gasteiger partial charge is 0.279 e. The second-order valence-corrected chi connectivity index (χ2v) is 8.97. The van der Waals surface area contributed by atoms with E-state index in [1.54, 1.807) is 0 Å². The van der Waals surface area contributed by atoms with Crippen LogP contribution in [0, 0.1) is 11.6 Å². The fourth-order valence-corrected chi connectivity index (χ4v) is 4.58. The molecule has 0 heterocycles. The van der Waals surface area contributed by atoms with Crippen molar-refractivity contribution >= 4 is 25.7 Å². The molecular formula is C15H14F2N2O4S2. The van der Waals surface area contributed by atoms with Crippen LogP contribution in [0.15, 0.2) is 52.3 Å². The molecule has 134 valence electrons. The zero-order chi connectivity index (χ0) is 18.2. The molecule has 6 nitrogen and oxygen atoms in total. The average Bonchev–Trinajstić information content (AvgIpc) is 3.30. The first-order valence-corrected chi connectivity index (χ1v) is 10.2. The maximum atomic E-state index is 13.7. The first-order valence-electron chi connectivity index (χ1n) is 7.28. The smallest absolute Gasteiger partial charge is 0.264 e. The lowest BCUT2D eigenvalue weighted by Crippen LogP contribution is -2.25. The van der Waals surface area contributed by atoms with Crippen LogP contribution < -0.4 is 9.44 Å². The van der Waals surface area contributed by atoms with Gasteiger partial charge in [-0.15, -0.1) is 0 Å². The van der Waals surface area contributed by atoms with Gasteiger partial charge in [-0.2, -0.15) is 0 Å². The van der Waals surface area contributed by atoms with Crippen LogP contribution in [0.1, 0.15) is 12.8 Å². The Hall–Kier alpha value is -2.04. The number of nitrogens with one attached hydrogen (secondary N) is 2. The van der Waals surface area contributed by atoms with Gasteiger partial charge < -0.3 is 0 Å². The number of hydrogen-bond acceptors (Lipinski definition) is 4. The van der Waals surface area contributed by atoms with Gasteiger partial charge in [0.15, 0.2) is 0 Å². The Morgan fingerprint density at radius 2 is 1.64 bits per heavy atom. The average molecular weight is 388 g/mol. The number of sulfonamides is 2. The molecule has 1 aliphatic rings. The van der Waals surface area contributed by atoms with Crippen molar-refractivity contribution in [3.05, 3.63) is 54.1 Å². The second kappa shape index (κ2) is 6.36. The Morgan fingerprint density at radius 3 is 2.28 bits per heavy atom.